The molecule has 0 radical (unpaired) electrons. The van der Waals surface area contributed by atoms with Crippen molar-refractivity contribution in [3.8, 4) is 0 Å². The van der Waals surface area contributed by atoms with Gasteiger partial charge in [0.15, 0.2) is 18.6 Å². The zero-order chi connectivity index (χ0) is 35.3. The number of hydrogen-bond acceptors (Lipinski definition) is 10. The number of carbonyl (C=O) groups excluding carboxylic acids is 5. The summed E-state index contributed by atoms with van der Waals surface area (Å²) in [5.74, 6) is -2.25. The molecule has 47 heavy (non-hydrogen) atoms. The van der Waals surface area contributed by atoms with Gasteiger partial charge in [0, 0.05) is 50.1 Å². The number of ketones is 1. The van der Waals surface area contributed by atoms with Crippen LogP contribution in [0.15, 0.2) is 5.38 Å². The highest BCUT2D eigenvalue weighted by Crippen LogP contribution is 2.33. The predicted octanol–water partition coefficient (Wildman–Crippen LogP) is 5.78. The van der Waals surface area contributed by atoms with E-state index in [1.807, 2.05) is 55.5 Å². The number of nitrogens with one attached hydrogen (secondary N) is 1. The van der Waals surface area contributed by atoms with Crippen LogP contribution in [0.1, 0.15) is 128 Å². The quantitative estimate of drug-likeness (QED) is 0.143. The average molecular weight is 679 g/mol. The number of likely N-dealkylation sites (N-methyl/N-ethyl adjacent to an activating group) is 1. The lowest BCUT2D eigenvalue weighted by atomic mass is 9.82. The molecule has 1 saturated heterocycles. The molecule has 11 nitrogen and oxygen atoms in total. The molecular weight excluding hydrogens is 620 g/mol. The number of hydrogen-bond donors (Lipinski definition) is 1. The van der Waals surface area contributed by atoms with Gasteiger partial charge in [-0.2, -0.15) is 0 Å². The Balaban J connectivity index is 2.49. The third-order valence-electron chi connectivity index (χ3n) is 8.93. The van der Waals surface area contributed by atoms with E-state index in [9.17, 15) is 24.0 Å². The van der Waals surface area contributed by atoms with Gasteiger partial charge in [-0.25, -0.2) is 4.98 Å². The van der Waals surface area contributed by atoms with Gasteiger partial charge in [-0.3, -0.25) is 28.9 Å². The van der Waals surface area contributed by atoms with Gasteiger partial charge in [-0.1, -0.05) is 61.3 Å². The number of aromatic nitrogens is 1. The largest absolute Gasteiger partial charge is 0.455 e. The van der Waals surface area contributed by atoms with Crippen molar-refractivity contribution >= 4 is 40.9 Å². The fraction of sp³-hybridized carbons (Fsp3) is 0.771. The van der Waals surface area contributed by atoms with E-state index in [0.29, 0.717) is 18.0 Å². The first-order valence-corrected chi connectivity index (χ1v) is 18.2. The van der Waals surface area contributed by atoms with Crippen LogP contribution in [-0.4, -0.2) is 83.3 Å². The molecule has 0 aromatic carbocycles. The van der Waals surface area contributed by atoms with Gasteiger partial charge >= 0.3 is 11.9 Å². The van der Waals surface area contributed by atoms with Crippen molar-refractivity contribution in [1.82, 2.24) is 20.1 Å². The van der Waals surface area contributed by atoms with Crippen molar-refractivity contribution in [3.05, 3.63) is 16.1 Å². The predicted molar refractivity (Wildman–Crippen MR) is 183 cm³/mol. The first-order chi connectivity index (χ1) is 22.2. The van der Waals surface area contributed by atoms with Crippen molar-refractivity contribution in [2.24, 2.45) is 23.7 Å². The summed E-state index contributed by atoms with van der Waals surface area (Å²) >= 11 is 1.21. The average Bonchev–Trinajstić information content (AvgIpc) is 3.51. The third-order valence-corrected chi connectivity index (χ3v) is 9.87. The van der Waals surface area contributed by atoms with E-state index < -0.39 is 30.0 Å². The lowest BCUT2D eigenvalue weighted by Gasteiger charge is -2.39. The van der Waals surface area contributed by atoms with E-state index in [4.69, 9.17) is 9.47 Å². The van der Waals surface area contributed by atoms with Crippen LogP contribution in [0.5, 0.6) is 0 Å². The first kappa shape index (κ1) is 40.3. The van der Waals surface area contributed by atoms with Crippen molar-refractivity contribution in [2.45, 2.75) is 125 Å². The minimum absolute atomic E-state index is 0.0538. The van der Waals surface area contributed by atoms with Gasteiger partial charge in [-0.15, -0.1) is 11.3 Å². The first-order valence-electron chi connectivity index (χ1n) is 17.3. The second kappa shape index (κ2) is 19.8. The molecule has 266 valence electrons. The number of ether oxygens (including phenoxy) is 2. The van der Waals surface area contributed by atoms with Crippen molar-refractivity contribution in [3.63, 3.8) is 0 Å². The Bertz CT molecular complexity index is 1190. The zero-order valence-corrected chi connectivity index (χ0v) is 30.8. The van der Waals surface area contributed by atoms with E-state index >= 15 is 0 Å². The maximum absolute atomic E-state index is 14.7. The number of nitrogens with zero attached hydrogens (tertiary/aromatic N) is 3. The molecule has 1 aromatic rings. The van der Waals surface area contributed by atoms with Gasteiger partial charge in [0.2, 0.25) is 5.91 Å². The number of esters is 2. The molecule has 2 heterocycles. The number of Topliss-reactive ketones (excluding diaryl/α,β-unsaturated/α-hetero) is 1. The Morgan fingerprint density at radius 2 is 1.79 bits per heavy atom. The molecule has 0 saturated carbocycles. The van der Waals surface area contributed by atoms with E-state index in [1.165, 1.54) is 18.3 Å². The number of piperidine rings is 1. The minimum Gasteiger partial charge on any atom is -0.455 e. The minimum atomic E-state index is -0.848. The van der Waals surface area contributed by atoms with Crippen LogP contribution in [0.3, 0.4) is 0 Å². The molecule has 0 unspecified atom stereocenters. The summed E-state index contributed by atoms with van der Waals surface area (Å²) in [7, 11) is 1.96. The standard InChI is InChI=1S/C35H58N4O7S/c1-10-15-36-33(43)27-20-47-34(37-27)31(46-25(8)40)19-29(23(5)6)39(21-45-32(42)17-22(3)4)35(44)26(24(7)11-2)18-30(41)28-14-12-13-16-38(28)9/h20,22-24,26,28-29,31H,10-19,21H2,1-9H3,(H,36,43)/t24-,26-,28+,29+,31+/m0/s1. The Hall–Kier alpha value is -2.86. The summed E-state index contributed by atoms with van der Waals surface area (Å²) in [6.07, 6.45) is 3.89. The smallest absolute Gasteiger partial charge is 0.307 e. The molecule has 1 fully saturated rings. The van der Waals surface area contributed by atoms with Crippen LogP contribution < -0.4 is 5.32 Å². The summed E-state index contributed by atoms with van der Waals surface area (Å²) in [6.45, 7) is 16.1. The van der Waals surface area contributed by atoms with Crippen LogP contribution in [0.4, 0.5) is 0 Å². The van der Waals surface area contributed by atoms with Gasteiger partial charge in [0.1, 0.15) is 10.7 Å². The normalized spacial score (nSPS) is 17.9. The van der Waals surface area contributed by atoms with Crippen LogP contribution in [0.25, 0.3) is 0 Å². The van der Waals surface area contributed by atoms with Gasteiger partial charge in [-0.05, 0) is 50.6 Å². The molecule has 2 amide bonds. The number of amides is 2. The molecular formula is C35H58N4O7S. The van der Waals surface area contributed by atoms with E-state index in [0.717, 1.165) is 32.2 Å². The lowest BCUT2D eigenvalue weighted by Crippen LogP contribution is -2.50. The SMILES string of the molecule is CCCNC(=O)c1csc([C@@H](C[C@H](C(C)C)N(COC(=O)CC(C)C)C(=O)[C@@H](CC(=O)[C@H]2CCCCN2C)[C@@H](C)CC)OC(C)=O)n1. The van der Waals surface area contributed by atoms with E-state index in [2.05, 4.69) is 15.2 Å². The molecule has 1 aliphatic heterocycles. The third kappa shape index (κ3) is 12.6. The Morgan fingerprint density at radius 3 is 2.36 bits per heavy atom. The lowest BCUT2D eigenvalue weighted by molar-refractivity contribution is -0.162. The maximum Gasteiger partial charge on any atom is 0.307 e. The number of rotatable bonds is 19. The highest BCUT2D eigenvalue weighted by atomic mass is 32.1. The molecule has 5 atom stereocenters. The summed E-state index contributed by atoms with van der Waals surface area (Å²) in [4.78, 5) is 74.1. The summed E-state index contributed by atoms with van der Waals surface area (Å²) in [5, 5.41) is 4.88. The van der Waals surface area contributed by atoms with Crippen molar-refractivity contribution in [2.75, 3.05) is 26.9 Å². The van der Waals surface area contributed by atoms with Crippen molar-refractivity contribution in [1.29, 1.82) is 0 Å². The molecule has 1 N–H and O–H groups in total. The monoisotopic (exact) mass is 678 g/mol. The van der Waals surface area contributed by atoms with Gasteiger partial charge in [0.05, 0.1) is 6.04 Å². The summed E-state index contributed by atoms with van der Waals surface area (Å²) in [5.41, 5.74) is 0.232. The van der Waals surface area contributed by atoms with Gasteiger partial charge < -0.3 is 19.7 Å². The fourth-order valence-corrected chi connectivity index (χ4v) is 6.81. The molecule has 0 spiro atoms. The van der Waals surface area contributed by atoms with E-state index in [1.54, 1.807) is 10.3 Å². The number of carbonyl (C=O) groups is 5. The van der Waals surface area contributed by atoms with Crippen LogP contribution in [-0.2, 0) is 28.7 Å². The molecule has 12 heteroatoms. The highest BCUT2D eigenvalue weighted by molar-refractivity contribution is 7.09. The second-order valence-electron chi connectivity index (χ2n) is 13.7. The molecule has 1 aromatic heterocycles. The summed E-state index contributed by atoms with van der Waals surface area (Å²) < 4.78 is 11.5. The van der Waals surface area contributed by atoms with Crippen LogP contribution in [0.2, 0.25) is 0 Å². The van der Waals surface area contributed by atoms with Gasteiger partial charge in [0.25, 0.3) is 5.91 Å². The maximum atomic E-state index is 14.7. The molecule has 1 aliphatic rings. The number of likely N-dealkylation sites (tertiary alicyclic amines) is 1. The summed E-state index contributed by atoms with van der Waals surface area (Å²) in [6, 6.07) is -0.762. The Labute approximate surface area is 285 Å². The topological polar surface area (TPSA) is 135 Å². The Kier molecular flexibility index (Phi) is 17.0. The highest BCUT2D eigenvalue weighted by Gasteiger charge is 2.39. The fourth-order valence-electron chi connectivity index (χ4n) is 5.97. The second-order valence-corrected chi connectivity index (χ2v) is 14.6. The van der Waals surface area contributed by atoms with E-state index in [-0.39, 0.29) is 73.1 Å². The Morgan fingerprint density at radius 1 is 1.09 bits per heavy atom. The van der Waals surface area contributed by atoms with Crippen LogP contribution >= 0.6 is 11.3 Å². The molecule has 0 aliphatic carbocycles. The zero-order valence-electron chi connectivity index (χ0n) is 30.0. The van der Waals surface area contributed by atoms with Crippen molar-refractivity contribution < 1.29 is 33.4 Å². The molecule has 0 bridgehead atoms. The molecule has 2 rings (SSSR count). The van der Waals surface area contributed by atoms with Crippen LogP contribution in [0, 0.1) is 23.7 Å². The number of thiazole rings is 1.